The third-order valence-corrected chi connectivity index (χ3v) is 4.64. The number of piperazine rings is 1. The lowest BCUT2D eigenvalue weighted by Gasteiger charge is -2.37. The Balaban J connectivity index is 1.68. The van der Waals surface area contributed by atoms with Gasteiger partial charge in [0.2, 0.25) is 11.8 Å². The molecular formula is C18H21N3O4. The van der Waals surface area contributed by atoms with Crippen LogP contribution in [-0.2, 0) is 9.59 Å². The molecule has 0 spiro atoms. The Labute approximate surface area is 146 Å². The van der Waals surface area contributed by atoms with Crippen LogP contribution in [0.15, 0.2) is 24.3 Å². The molecule has 0 bridgehead atoms. The van der Waals surface area contributed by atoms with Crippen molar-refractivity contribution in [3.63, 3.8) is 0 Å². The highest BCUT2D eigenvalue weighted by molar-refractivity contribution is 6.21. The molecule has 2 aliphatic heterocycles. The van der Waals surface area contributed by atoms with E-state index < -0.39 is 6.04 Å². The number of benzene rings is 1. The quantitative estimate of drug-likeness (QED) is 0.814. The van der Waals surface area contributed by atoms with E-state index in [1.54, 1.807) is 29.2 Å². The van der Waals surface area contributed by atoms with Gasteiger partial charge in [0.05, 0.1) is 11.1 Å². The predicted molar refractivity (Wildman–Crippen MR) is 89.8 cm³/mol. The van der Waals surface area contributed by atoms with Crippen LogP contribution in [0.2, 0.25) is 0 Å². The molecule has 2 aliphatic rings. The van der Waals surface area contributed by atoms with Crippen LogP contribution in [0.1, 0.15) is 41.0 Å². The molecule has 4 amide bonds. The van der Waals surface area contributed by atoms with Gasteiger partial charge in [0, 0.05) is 26.1 Å². The monoisotopic (exact) mass is 343 g/mol. The summed E-state index contributed by atoms with van der Waals surface area (Å²) in [4.78, 5) is 52.0. The van der Waals surface area contributed by atoms with Gasteiger partial charge in [-0.1, -0.05) is 26.0 Å². The van der Waals surface area contributed by atoms with E-state index >= 15 is 0 Å². The Kier molecular flexibility index (Phi) is 4.57. The van der Waals surface area contributed by atoms with Gasteiger partial charge in [-0.25, -0.2) is 0 Å². The summed E-state index contributed by atoms with van der Waals surface area (Å²) in [5, 5.41) is 2.77. The molecule has 1 saturated heterocycles. The molecule has 3 rings (SSSR count). The number of carbonyl (C=O) groups excluding carboxylic acids is 4. The van der Waals surface area contributed by atoms with Crippen LogP contribution in [0.25, 0.3) is 0 Å². The van der Waals surface area contributed by atoms with Gasteiger partial charge in [0.15, 0.2) is 0 Å². The molecule has 7 nitrogen and oxygen atoms in total. The lowest BCUT2D eigenvalue weighted by molar-refractivity contribution is -0.145. The number of hydrogen-bond donors (Lipinski definition) is 1. The Bertz CT molecular complexity index is 709. The van der Waals surface area contributed by atoms with Gasteiger partial charge in [-0.05, 0) is 18.1 Å². The predicted octanol–water partition coefficient (Wildman–Crippen LogP) is 0.656. The first-order valence-electron chi connectivity index (χ1n) is 8.44. The third kappa shape index (κ3) is 3.01. The van der Waals surface area contributed by atoms with Crippen LogP contribution >= 0.6 is 0 Å². The van der Waals surface area contributed by atoms with Crippen LogP contribution in [-0.4, -0.2) is 59.1 Å². The molecule has 0 saturated carbocycles. The molecule has 2 heterocycles. The zero-order valence-corrected chi connectivity index (χ0v) is 14.3. The normalized spacial score (nSPS) is 20.1. The Morgan fingerprint density at radius 2 is 1.76 bits per heavy atom. The molecule has 0 aromatic heterocycles. The minimum atomic E-state index is -0.511. The fourth-order valence-electron chi connectivity index (χ4n) is 3.42. The first-order valence-corrected chi connectivity index (χ1v) is 8.44. The molecule has 1 N–H and O–H groups in total. The van der Waals surface area contributed by atoms with Gasteiger partial charge in [-0.15, -0.1) is 0 Å². The number of amides is 4. The largest absolute Gasteiger partial charge is 0.353 e. The first-order chi connectivity index (χ1) is 11.9. The van der Waals surface area contributed by atoms with E-state index in [1.807, 2.05) is 13.8 Å². The van der Waals surface area contributed by atoms with E-state index in [0.29, 0.717) is 24.2 Å². The average Bonchev–Trinajstić information content (AvgIpc) is 2.83. The SMILES string of the molecule is CC(C)C1C(=O)NCCN1C(=O)CCN1C(=O)c2ccccc2C1=O. The second kappa shape index (κ2) is 6.66. The molecule has 0 radical (unpaired) electrons. The molecule has 1 fully saturated rings. The van der Waals surface area contributed by atoms with Gasteiger partial charge >= 0.3 is 0 Å². The Morgan fingerprint density at radius 3 is 2.32 bits per heavy atom. The lowest BCUT2D eigenvalue weighted by Crippen LogP contribution is -2.59. The van der Waals surface area contributed by atoms with E-state index in [-0.39, 0.29) is 42.5 Å². The highest BCUT2D eigenvalue weighted by Crippen LogP contribution is 2.23. The number of nitrogens with one attached hydrogen (secondary N) is 1. The second-order valence-electron chi connectivity index (χ2n) is 6.62. The van der Waals surface area contributed by atoms with Crippen molar-refractivity contribution >= 4 is 23.6 Å². The number of imide groups is 1. The van der Waals surface area contributed by atoms with Gasteiger partial charge in [0.1, 0.15) is 6.04 Å². The maximum absolute atomic E-state index is 12.6. The summed E-state index contributed by atoms with van der Waals surface area (Å²) in [6.45, 7) is 4.66. The Morgan fingerprint density at radius 1 is 1.16 bits per heavy atom. The van der Waals surface area contributed by atoms with E-state index in [1.165, 1.54) is 0 Å². The van der Waals surface area contributed by atoms with Crippen molar-refractivity contribution in [2.75, 3.05) is 19.6 Å². The number of nitrogens with zero attached hydrogens (tertiary/aromatic N) is 2. The van der Waals surface area contributed by atoms with Crippen molar-refractivity contribution in [2.24, 2.45) is 5.92 Å². The smallest absolute Gasteiger partial charge is 0.261 e. The van der Waals surface area contributed by atoms with Crippen LogP contribution in [0.5, 0.6) is 0 Å². The fourth-order valence-corrected chi connectivity index (χ4v) is 3.42. The maximum atomic E-state index is 12.6. The van der Waals surface area contributed by atoms with E-state index in [4.69, 9.17) is 0 Å². The summed E-state index contributed by atoms with van der Waals surface area (Å²) in [5.74, 6) is -1.13. The summed E-state index contributed by atoms with van der Waals surface area (Å²) >= 11 is 0. The van der Waals surface area contributed by atoms with Crippen LogP contribution < -0.4 is 5.32 Å². The molecule has 1 atom stereocenters. The molecule has 1 aromatic carbocycles. The maximum Gasteiger partial charge on any atom is 0.261 e. The molecule has 1 unspecified atom stereocenters. The molecule has 7 heteroatoms. The van der Waals surface area contributed by atoms with E-state index in [9.17, 15) is 19.2 Å². The zero-order valence-electron chi connectivity index (χ0n) is 14.3. The highest BCUT2D eigenvalue weighted by Gasteiger charge is 2.38. The Hall–Kier alpha value is -2.70. The van der Waals surface area contributed by atoms with Crippen molar-refractivity contribution in [2.45, 2.75) is 26.3 Å². The van der Waals surface area contributed by atoms with Gasteiger partial charge < -0.3 is 10.2 Å². The highest BCUT2D eigenvalue weighted by atomic mass is 16.2. The minimum Gasteiger partial charge on any atom is -0.353 e. The van der Waals surface area contributed by atoms with Crippen LogP contribution in [0.4, 0.5) is 0 Å². The standard InChI is InChI=1S/C18H21N3O4/c1-11(2)15-16(23)19-8-10-20(15)14(22)7-9-21-17(24)12-5-3-4-6-13(12)18(21)25/h3-6,11,15H,7-10H2,1-2H3,(H,19,23). The molecule has 0 aliphatic carbocycles. The fraction of sp³-hybridized carbons (Fsp3) is 0.444. The van der Waals surface area contributed by atoms with Gasteiger partial charge in [-0.3, -0.25) is 24.1 Å². The zero-order chi connectivity index (χ0) is 18.1. The lowest BCUT2D eigenvalue weighted by atomic mass is 9.99. The van der Waals surface area contributed by atoms with Crippen molar-refractivity contribution < 1.29 is 19.2 Å². The minimum absolute atomic E-state index is 0.0106. The summed E-state index contributed by atoms with van der Waals surface area (Å²) in [6, 6.07) is 6.13. The van der Waals surface area contributed by atoms with Crippen LogP contribution in [0.3, 0.4) is 0 Å². The van der Waals surface area contributed by atoms with E-state index in [0.717, 1.165) is 4.90 Å². The van der Waals surface area contributed by atoms with Crippen molar-refractivity contribution in [1.82, 2.24) is 15.1 Å². The molecule has 1 aromatic rings. The van der Waals surface area contributed by atoms with E-state index in [2.05, 4.69) is 5.32 Å². The average molecular weight is 343 g/mol. The third-order valence-electron chi connectivity index (χ3n) is 4.64. The van der Waals surface area contributed by atoms with Crippen molar-refractivity contribution in [3.8, 4) is 0 Å². The second-order valence-corrected chi connectivity index (χ2v) is 6.62. The number of fused-ring (bicyclic) bond motifs is 1. The van der Waals surface area contributed by atoms with Crippen molar-refractivity contribution in [1.29, 1.82) is 0 Å². The summed E-state index contributed by atoms with van der Waals surface area (Å²) in [7, 11) is 0. The molecule has 132 valence electrons. The first kappa shape index (κ1) is 17.1. The van der Waals surface area contributed by atoms with Crippen molar-refractivity contribution in [3.05, 3.63) is 35.4 Å². The molecular weight excluding hydrogens is 322 g/mol. The summed E-state index contributed by atoms with van der Waals surface area (Å²) in [5.41, 5.74) is 0.745. The van der Waals surface area contributed by atoms with Crippen LogP contribution in [0, 0.1) is 5.92 Å². The number of rotatable bonds is 4. The summed E-state index contributed by atoms with van der Waals surface area (Å²) in [6.07, 6.45) is 0.0158. The number of hydrogen-bond acceptors (Lipinski definition) is 4. The topological polar surface area (TPSA) is 86.8 Å². The summed E-state index contributed by atoms with van der Waals surface area (Å²) < 4.78 is 0. The van der Waals surface area contributed by atoms with Gasteiger partial charge in [0.25, 0.3) is 11.8 Å². The number of carbonyl (C=O) groups is 4. The van der Waals surface area contributed by atoms with Gasteiger partial charge in [-0.2, -0.15) is 0 Å². The molecule has 25 heavy (non-hydrogen) atoms.